The fraction of sp³-hybridized carbons (Fsp3) is 0.0769. The number of nitrogens with two attached hydrogens (primary N) is 1. The van der Waals surface area contributed by atoms with Crippen molar-refractivity contribution in [1.29, 1.82) is 5.26 Å². The van der Waals surface area contributed by atoms with Crippen LogP contribution in [0.4, 0.5) is 13.2 Å². The molecule has 1 heterocycles. The van der Waals surface area contributed by atoms with Crippen LogP contribution < -0.4 is 11.4 Å². The zero-order valence-corrected chi connectivity index (χ0v) is 10.3. The minimum absolute atomic E-state index is 0.0490. The lowest BCUT2D eigenvalue weighted by Crippen LogP contribution is -2.33. The number of phenols is 1. The Morgan fingerprint density at radius 3 is 2.43 bits per heavy atom. The minimum atomic E-state index is -4.89. The average molecular weight is 295 g/mol. The molecule has 0 bridgehead atoms. The van der Waals surface area contributed by atoms with E-state index in [0.717, 1.165) is 0 Å². The molecule has 2 aromatic rings. The Bertz CT molecular complexity index is 804. The second-order valence-corrected chi connectivity index (χ2v) is 4.12. The number of hydrogen-bond donors (Lipinski definition) is 2. The number of nitrogen functional groups attached to an aromatic ring is 1. The van der Waals surface area contributed by atoms with Crippen LogP contribution in [-0.2, 0) is 6.18 Å². The van der Waals surface area contributed by atoms with Crippen LogP contribution in [0.15, 0.2) is 35.1 Å². The number of aromatic nitrogens is 1. The van der Waals surface area contributed by atoms with Crippen LogP contribution in [0, 0.1) is 11.3 Å². The predicted molar refractivity (Wildman–Crippen MR) is 67.7 cm³/mol. The van der Waals surface area contributed by atoms with E-state index < -0.39 is 22.9 Å². The van der Waals surface area contributed by atoms with E-state index in [1.54, 1.807) is 0 Å². The molecule has 0 atom stereocenters. The van der Waals surface area contributed by atoms with Gasteiger partial charge in [-0.2, -0.15) is 18.4 Å². The fourth-order valence-corrected chi connectivity index (χ4v) is 1.85. The van der Waals surface area contributed by atoms with Crippen molar-refractivity contribution in [3.63, 3.8) is 0 Å². The van der Waals surface area contributed by atoms with Crippen molar-refractivity contribution in [2.24, 2.45) is 0 Å². The summed E-state index contributed by atoms with van der Waals surface area (Å²) in [5.74, 6) is 5.11. The van der Waals surface area contributed by atoms with E-state index in [-0.39, 0.29) is 17.0 Å². The molecule has 5 nitrogen and oxygen atoms in total. The van der Waals surface area contributed by atoms with Gasteiger partial charge in [0.1, 0.15) is 17.4 Å². The van der Waals surface area contributed by atoms with Gasteiger partial charge in [-0.25, -0.2) is 4.68 Å². The molecule has 1 aromatic carbocycles. The van der Waals surface area contributed by atoms with Gasteiger partial charge in [0.05, 0.1) is 11.3 Å². The summed E-state index contributed by atoms with van der Waals surface area (Å²) in [5, 5.41) is 18.4. The predicted octanol–water partition coefficient (Wildman–Crippen LogP) is 1.83. The maximum Gasteiger partial charge on any atom is 0.417 e. The van der Waals surface area contributed by atoms with Crippen LogP contribution in [0.25, 0.3) is 11.3 Å². The molecule has 8 heteroatoms. The Morgan fingerprint density at radius 1 is 1.29 bits per heavy atom. The van der Waals surface area contributed by atoms with Crippen molar-refractivity contribution in [1.82, 2.24) is 4.68 Å². The van der Waals surface area contributed by atoms with Crippen LogP contribution in [0.5, 0.6) is 5.75 Å². The summed E-state index contributed by atoms with van der Waals surface area (Å²) in [7, 11) is 0. The SMILES string of the molecule is N#Cc1c(C(F)(F)F)cc(-c2ccccc2O)n(N)c1=O. The Balaban J connectivity index is 2.88. The topological polar surface area (TPSA) is 92.0 Å². The Hall–Kier alpha value is -2.95. The highest BCUT2D eigenvalue weighted by Crippen LogP contribution is 2.35. The number of alkyl halides is 3. The van der Waals surface area contributed by atoms with Crippen LogP contribution in [0.3, 0.4) is 0 Å². The monoisotopic (exact) mass is 295 g/mol. The largest absolute Gasteiger partial charge is 0.507 e. The van der Waals surface area contributed by atoms with Gasteiger partial charge in [0.2, 0.25) is 0 Å². The Labute approximate surface area is 116 Å². The van der Waals surface area contributed by atoms with Crippen LogP contribution in [0.2, 0.25) is 0 Å². The minimum Gasteiger partial charge on any atom is -0.507 e. The summed E-state index contributed by atoms with van der Waals surface area (Å²) in [5.41, 5.74) is -4.17. The third-order valence-electron chi connectivity index (χ3n) is 2.84. The van der Waals surface area contributed by atoms with Crippen molar-refractivity contribution < 1.29 is 18.3 Å². The zero-order valence-electron chi connectivity index (χ0n) is 10.3. The summed E-state index contributed by atoms with van der Waals surface area (Å²) >= 11 is 0. The molecule has 0 aliphatic heterocycles. The van der Waals surface area contributed by atoms with Crippen LogP contribution in [-0.4, -0.2) is 9.78 Å². The molecule has 0 aliphatic rings. The first-order valence-corrected chi connectivity index (χ1v) is 5.58. The maximum absolute atomic E-state index is 12.9. The molecule has 0 saturated heterocycles. The van der Waals surface area contributed by atoms with E-state index >= 15 is 0 Å². The highest BCUT2D eigenvalue weighted by atomic mass is 19.4. The second-order valence-electron chi connectivity index (χ2n) is 4.12. The molecule has 0 spiro atoms. The van der Waals surface area contributed by atoms with Gasteiger partial charge in [-0.3, -0.25) is 4.79 Å². The van der Waals surface area contributed by atoms with Gasteiger partial charge >= 0.3 is 6.18 Å². The molecule has 108 valence electrons. The number of nitrogens with zero attached hydrogens (tertiary/aromatic N) is 2. The molecule has 0 unspecified atom stereocenters. The van der Waals surface area contributed by atoms with Crippen molar-refractivity contribution >= 4 is 0 Å². The third-order valence-corrected chi connectivity index (χ3v) is 2.84. The first kappa shape index (κ1) is 14.5. The summed E-state index contributed by atoms with van der Waals surface area (Å²) in [6.45, 7) is 0. The Morgan fingerprint density at radius 2 is 1.90 bits per heavy atom. The van der Waals surface area contributed by atoms with Crippen LogP contribution in [0.1, 0.15) is 11.1 Å². The molecule has 0 saturated carbocycles. The lowest BCUT2D eigenvalue weighted by atomic mass is 10.0. The molecule has 0 radical (unpaired) electrons. The number of rotatable bonds is 1. The van der Waals surface area contributed by atoms with Crippen molar-refractivity contribution in [3.05, 3.63) is 51.8 Å². The van der Waals surface area contributed by atoms with E-state index in [1.807, 2.05) is 0 Å². The summed E-state index contributed by atoms with van der Waals surface area (Å²) in [4.78, 5) is 11.8. The van der Waals surface area contributed by atoms with Gasteiger partial charge < -0.3 is 10.9 Å². The van der Waals surface area contributed by atoms with Crippen molar-refractivity contribution in [2.45, 2.75) is 6.18 Å². The number of benzene rings is 1. The number of aromatic hydroxyl groups is 1. The number of phenolic OH excluding ortho intramolecular Hbond substituents is 1. The molecule has 0 fully saturated rings. The lowest BCUT2D eigenvalue weighted by molar-refractivity contribution is -0.137. The second kappa shape index (κ2) is 4.86. The standard InChI is InChI=1S/C13H8F3N3O2/c14-13(15,16)9-5-10(7-3-1-2-4-11(7)20)19(18)12(21)8(9)6-17/h1-5,20H,18H2. The Kier molecular flexibility index (Phi) is 3.35. The molecule has 1 aromatic heterocycles. The molecule has 21 heavy (non-hydrogen) atoms. The summed E-state index contributed by atoms with van der Waals surface area (Å²) < 4.78 is 39.2. The van der Waals surface area contributed by atoms with E-state index in [9.17, 15) is 23.1 Å². The number of halogens is 3. The van der Waals surface area contributed by atoms with E-state index in [1.165, 1.54) is 30.3 Å². The molecule has 0 amide bonds. The average Bonchev–Trinajstić information content (AvgIpc) is 2.41. The summed E-state index contributed by atoms with van der Waals surface area (Å²) in [6.07, 6.45) is -4.89. The number of para-hydroxylation sites is 1. The van der Waals surface area contributed by atoms with Gasteiger partial charge in [-0.1, -0.05) is 12.1 Å². The van der Waals surface area contributed by atoms with E-state index in [0.29, 0.717) is 10.7 Å². The fourth-order valence-electron chi connectivity index (χ4n) is 1.85. The molecule has 0 aliphatic carbocycles. The molecular formula is C13H8F3N3O2. The molecule has 2 rings (SSSR count). The first-order chi connectivity index (χ1) is 9.77. The van der Waals surface area contributed by atoms with E-state index in [2.05, 4.69) is 0 Å². The van der Waals surface area contributed by atoms with Gasteiger partial charge in [-0.15, -0.1) is 0 Å². The highest BCUT2D eigenvalue weighted by Gasteiger charge is 2.36. The normalized spacial score (nSPS) is 11.1. The van der Waals surface area contributed by atoms with Gasteiger partial charge in [-0.05, 0) is 18.2 Å². The highest BCUT2D eigenvalue weighted by molar-refractivity contribution is 5.68. The van der Waals surface area contributed by atoms with Gasteiger partial charge in [0.15, 0.2) is 0 Å². The molecular weight excluding hydrogens is 287 g/mol. The van der Waals surface area contributed by atoms with Crippen molar-refractivity contribution in [3.8, 4) is 23.1 Å². The van der Waals surface area contributed by atoms with Crippen molar-refractivity contribution in [2.75, 3.05) is 5.84 Å². The lowest BCUT2D eigenvalue weighted by Gasteiger charge is -2.14. The smallest absolute Gasteiger partial charge is 0.417 e. The number of nitriles is 1. The quantitative estimate of drug-likeness (QED) is 0.785. The number of hydrogen-bond acceptors (Lipinski definition) is 4. The zero-order chi connectivity index (χ0) is 15.8. The van der Waals surface area contributed by atoms with Gasteiger partial charge in [0, 0.05) is 5.56 Å². The third kappa shape index (κ3) is 2.41. The molecule has 3 N–H and O–H groups in total. The first-order valence-electron chi connectivity index (χ1n) is 5.58. The van der Waals surface area contributed by atoms with Crippen LogP contribution >= 0.6 is 0 Å². The van der Waals surface area contributed by atoms with E-state index in [4.69, 9.17) is 11.1 Å². The number of pyridine rings is 1. The summed E-state index contributed by atoms with van der Waals surface area (Å²) in [6, 6.07) is 7.25. The maximum atomic E-state index is 12.9. The van der Waals surface area contributed by atoms with Gasteiger partial charge in [0.25, 0.3) is 5.56 Å².